The van der Waals surface area contributed by atoms with Crippen LogP contribution in [-0.2, 0) is 31.3 Å². The number of aromatic nitrogens is 1. The van der Waals surface area contributed by atoms with Gasteiger partial charge in [-0.2, -0.15) is 0 Å². The van der Waals surface area contributed by atoms with Crippen molar-refractivity contribution < 1.29 is 39.2 Å². The number of hydrogen-bond donors (Lipinski definition) is 1. The number of aliphatic hydroxyl groups is 1. The minimum Gasteiger partial charge on any atom is -0.512 e. The zero-order valence-electron chi connectivity index (χ0n) is 28.3. The summed E-state index contributed by atoms with van der Waals surface area (Å²) < 4.78 is 13.1. The van der Waals surface area contributed by atoms with Crippen molar-refractivity contribution >= 4 is 38.4 Å². The number of nitrogens with zero attached hydrogens (tertiary/aromatic N) is 1. The van der Waals surface area contributed by atoms with Crippen LogP contribution in [0.5, 0.6) is 11.5 Å². The summed E-state index contributed by atoms with van der Waals surface area (Å²) in [5.41, 5.74) is 4.78. The van der Waals surface area contributed by atoms with E-state index >= 15 is 0 Å². The molecular weight excluding hydrogens is 751 g/mol. The van der Waals surface area contributed by atoms with E-state index in [1.807, 2.05) is 52.0 Å². The summed E-state index contributed by atoms with van der Waals surface area (Å²) in [7, 11) is 0. The molecule has 1 N–H and O–H groups in total. The SMILES string of the molecule is CCC(CC)C(=O)/C=C(\O)C(CC)CC.Cc1c2c([c-]c3ccccc13)-c1nc3ccccc3c3oc(CC(C)(C)C)c(c13)O2.[Ir]. The van der Waals surface area contributed by atoms with Gasteiger partial charge in [0.25, 0.3) is 0 Å². The Morgan fingerprint density at radius 2 is 1.52 bits per heavy atom. The maximum atomic E-state index is 11.7. The first-order valence-corrected chi connectivity index (χ1v) is 16.4. The average Bonchev–Trinajstić information content (AvgIpc) is 3.36. The molecule has 46 heavy (non-hydrogen) atoms. The molecule has 0 saturated heterocycles. The summed E-state index contributed by atoms with van der Waals surface area (Å²) in [6.45, 7) is 16.8. The summed E-state index contributed by atoms with van der Waals surface area (Å²) in [4.78, 5) is 16.8. The summed E-state index contributed by atoms with van der Waals surface area (Å²) in [5, 5.41) is 14.0. The molecule has 5 nitrogen and oxygen atoms in total. The van der Waals surface area contributed by atoms with Gasteiger partial charge in [0.05, 0.1) is 22.4 Å². The van der Waals surface area contributed by atoms with E-state index in [2.05, 4.69) is 58.0 Å². The molecule has 1 radical (unpaired) electrons. The van der Waals surface area contributed by atoms with Gasteiger partial charge in [0.1, 0.15) is 11.3 Å². The first-order valence-electron chi connectivity index (χ1n) is 16.4. The van der Waals surface area contributed by atoms with Crippen molar-refractivity contribution in [1.82, 2.24) is 4.98 Å². The molecule has 0 bridgehead atoms. The number of rotatable bonds is 8. The van der Waals surface area contributed by atoms with Crippen LogP contribution in [-0.4, -0.2) is 15.9 Å². The number of hydrogen-bond acceptors (Lipinski definition) is 5. The zero-order chi connectivity index (χ0) is 32.5. The molecule has 245 valence electrons. The number of aryl methyl sites for hydroxylation is 1. The molecule has 6 rings (SSSR count). The number of ketones is 1. The number of aliphatic hydroxyl groups excluding tert-OH is 1. The van der Waals surface area contributed by atoms with Gasteiger partial charge in [-0.25, -0.2) is 0 Å². The van der Waals surface area contributed by atoms with Crippen molar-refractivity contribution in [2.75, 3.05) is 0 Å². The van der Waals surface area contributed by atoms with Crippen molar-refractivity contribution in [2.45, 2.75) is 87.5 Å². The maximum absolute atomic E-state index is 11.7. The Balaban J connectivity index is 0.000000259. The van der Waals surface area contributed by atoms with E-state index in [1.165, 1.54) is 6.08 Å². The maximum Gasteiger partial charge on any atom is 0.162 e. The minimum atomic E-state index is 0. The predicted octanol–water partition coefficient (Wildman–Crippen LogP) is 11.5. The third kappa shape index (κ3) is 6.94. The number of ether oxygens (including phenoxy) is 1. The number of pyridine rings is 1. The van der Waals surface area contributed by atoms with Crippen LogP contribution in [0.1, 0.15) is 85.5 Å². The molecule has 3 heterocycles. The summed E-state index contributed by atoms with van der Waals surface area (Å²) in [6.07, 6.45) is 5.69. The minimum absolute atomic E-state index is 0. The van der Waals surface area contributed by atoms with Crippen molar-refractivity contribution in [3.05, 3.63) is 77.8 Å². The van der Waals surface area contributed by atoms with E-state index < -0.39 is 0 Å². The second-order valence-electron chi connectivity index (χ2n) is 13.4. The quantitative estimate of drug-likeness (QED) is 0.0943. The normalized spacial score (nSPS) is 12.6. The van der Waals surface area contributed by atoms with Gasteiger partial charge >= 0.3 is 0 Å². The zero-order valence-corrected chi connectivity index (χ0v) is 30.7. The third-order valence-corrected chi connectivity index (χ3v) is 8.92. The number of benzene rings is 3. The molecule has 0 amide bonds. The Morgan fingerprint density at radius 3 is 2.15 bits per heavy atom. The van der Waals surface area contributed by atoms with Gasteiger partial charge in [0, 0.05) is 55.5 Å². The molecule has 2 aromatic heterocycles. The number of allylic oxidation sites excluding steroid dienone is 2. The van der Waals surface area contributed by atoms with Crippen LogP contribution in [0.15, 0.2) is 64.8 Å². The van der Waals surface area contributed by atoms with Crippen LogP contribution >= 0.6 is 0 Å². The molecule has 0 fully saturated rings. The molecule has 3 aromatic carbocycles. The second-order valence-corrected chi connectivity index (χ2v) is 13.4. The molecule has 0 unspecified atom stereocenters. The standard InChI is InChI=1S/C27H22NO2.C13H24O2.Ir/c1-15-17-10-6-5-9-16(17)13-19-23-22-25(18-11-7-8-12-20(18)28-23)29-21(14-27(2,3)4)26(22)30-24(15)19;1-5-10(6-2)12(14)9-13(15)11(7-3)8-4;/h5-12H,14H2,1-4H3;9-11,14H,5-8H2,1-4H3;/q-1;;/b;12-9-;. The summed E-state index contributed by atoms with van der Waals surface area (Å²) in [5.74, 6) is 3.08. The second kappa shape index (κ2) is 14.5. The Bertz CT molecular complexity index is 1890. The summed E-state index contributed by atoms with van der Waals surface area (Å²) in [6, 6.07) is 20.1. The van der Waals surface area contributed by atoms with E-state index in [9.17, 15) is 9.90 Å². The Hall–Kier alpha value is -3.47. The predicted molar refractivity (Wildman–Crippen MR) is 185 cm³/mol. The van der Waals surface area contributed by atoms with Gasteiger partial charge in [0.2, 0.25) is 0 Å². The fraction of sp³-hybridized carbons (Fsp3) is 0.400. The first-order chi connectivity index (χ1) is 21.5. The monoisotopic (exact) mass is 797 g/mol. The van der Waals surface area contributed by atoms with Crippen LogP contribution < -0.4 is 4.74 Å². The molecule has 5 aromatic rings. The van der Waals surface area contributed by atoms with Gasteiger partial charge in [0.15, 0.2) is 11.5 Å². The Labute approximate surface area is 286 Å². The smallest absolute Gasteiger partial charge is 0.162 e. The number of para-hydroxylation sites is 1. The van der Waals surface area contributed by atoms with Crippen molar-refractivity contribution in [2.24, 2.45) is 17.3 Å². The Kier molecular flexibility index (Phi) is 11.2. The third-order valence-electron chi connectivity index (χ3n) is 8.92. The van der Waals surface area contributed by atoms with Gasteiger partial charge in [-0.3, -0.25) is 9.78 Å². The molecular formula is C40H46IrNO4-. The molecule has 0 atom stereocenters. The fourth-order valence-electron chi connectivity index (χ4n) is 6.29. The van der Waals surface area contributed by atoms with E-state index in [1.54, 1.807) is 0 Å². The largest absolute Gasteiger partial charge is 0.512 e. The topological polar surface area (TPSA) is 72.6 Å². The van der Waals surface area contributed by atoms with Crippen LogP contribution in [0.2, 0.25) is 0 Å². The van der Waals surface area contributed by atoms with Crippen LogP contribution in [0.4, 0.5) is 0 Å². The van der Waals surface area contributed by atoms with Crippen molar-refractivity contribution in [3.63, 3.8) is 0 Å². The van der Waals surface area contributed by atoms with E-state index in [0.29, 0.717) is 0 Å². The molecule has 0 aliphatic carbocycles. The van der Waals surface area contributed by atoms with Gasteiger partial charge in [-0.05, 0) is 50.2 Å². The first kappa shape index (κ1) is 35.4. The molecule has 6 heteroatoms. The van der Waals surface area contributed by atoms with Crippen molar-refractivity contribution in [1.29, 1.82) is 0 Å². The van der Waals surface area contributed by atoms with Gasteiger partial charge in [-0.1, -0.05) is 95.3 Å². The molecule has 0 saturated carbocycles. The molecule has 0 spiro atoms. The fourth-order valence-corrected chi connectivity index (χ4v) is 6.29. The molecule has 1 aliphatic rings. The van der Waals surface area contributed by atoms with Crippen molar-refractivity contribution in [3.8, 4) is 22.8 Å². The van der Waals surface area contributed by atoms with E-state index in [0.717, 1.165) is 98.8 Å². The number of carbonyl (C=O) groups is 1. The summed E-state index contributed by atoms with van der Waals surface area (Å²) >= 11 is 0. The van der Waals surface area contributed by atoms with Crippen LogP contribution in [0.3, 0.4) is 0 Å². The van der Waals surface area contributed by atoms with E-state index in [4.69, 9.17) is 14.1 Å². The van der Waals surface area contributed by atoms with Gasteiger partial charge < -0.3 is 14.3 Å². The number of furan rings is 1. The number of fused-ring (bicyclic) bond motifs is 5. The van der Waals surface area contributed by atoms with Gasteiger partial charge in [-0.15, -0.1) is 17.5 Å². The van der Waals surface area contributed by atoms with Crippen LogP contribution in [0, 0.1) is 30.2 Å². The average molecular weight is 797 g/mol. The molecule has 1 aliphatic heterocycles. The van der Waals surface area contributed by atoms with E-state index in [-0.39, 0.29) is 48.9 Å². The number of carbonyl (C=O) groups excluding carboxylic acids is 1. The van der Waals surface area contributed by atoms with Crippen LogP contribution in [0.25, 0.3) is 43.9 Å². The Morgan fingerprint density at radius 1 is 0.913 bits per heavy atom.